The van der Waals surface area contributed by atoms with Crippen LogP contribution in [0.15, 0.2) is 46.3 Å². The number of non-ortho nitro benzene ring substituents is 1. The van der Waals surface area contributed by atoms with Gasteiger partial charge < -0.3 is 5.32 Å². The average molecular weight is 412 g/mol. The van der Waals surface area contributed by atoms with E-state index in [1.807, 2.05) is 17.5 Å². The second-order valence-electron chi connectivity index (χ2n) is 4.21. The Morgan fingerprint density at radius 2 is 2.17 bits per heavy atom. The van der Waals surface area contributed by atoms with E-state index < -0.39 is 4.92 Å². The molecule has 1 amide bonds. The molecule has 0 aliphatic rings. The summed E-state index contributed by atoms with van der Waals surface area (Å²) in [5.74, 6) is -0.367. The normalized spacial score (nSPS) is 10.5. The molecule has 2 aromatic rings. The lowest BCUT2D eigenvalue weighted by Crippen LogP contribution is -2.32. The number of thiocarbonyl (C=S) groups is 1. The van der Waals surface area contributed by atoms with E-state index in [0.29, 0.717) is 10.2 Å². The van der Waals surface area contributed by atoms with E-state index in [1.54, 1.807) is 6.08 Å². The highest BCUT2D eigenvalue weighted by Crippen LogP contribution is 2.26. The number of benzene rings is 1. The fourth-order valence-corrected chi connectivity index (χ4v) is 2.86. The van der Waals surface area contributed by atoms with Crippen LogP contribution >= 0.6 is 39.5 Å². The summed E-state index contributed by atoms with van der Waals surface area (Å²) in [5.41, 5.74) is 0.472. The van der Waals surface area contributed by atoms with Gasteiger partial charge in [0.2, 0.25) is 5.91 Å². The molecule has 0 bridgehead atoms. The number of rotatable bonds is 4. The smallest absolute Gasteiger partial charge is 0.270 e. The Kier molecular flexibility index (Phi) is 5.97. The second kappa shape index (κ2) is 7.95. The average Bonchev–Trinajstić information content (AvgIpc) is 3.00. The number of anilines is 1. The molecule has 1 aromatic heterocycles. The van der Waals surface area contributed by atoms with Crippen molar-refractivity contribution in [1.29, 1.82) is 0 Å². The van der Waals surface area contributed by atoms with E-state index in [1.165, 1.54) is 35.6 Å². The van der Waals surface area contributed by atoms with Gasteiger partial charge in [0.05, 0.1) is 10.6 Å². The van der Waals surface area contributed by atoms with Crippen LogP contribution in [-0.2, 0) is 4.79 Å². The largest absolute Gasteiger partial charge is 0.331 e. The predicted molar refractivity (Wildman–Crippen MR) is 98.5 cm³/mol. The molecule has 0 aliphatic heterocycles. The Balaban J connectivity index is 1.94. The zero-order valence-corrected chi connectivity index (χ0v) is 14.7. The van der Waals surface area contributed by atoms with Gasteiger partial charge in [-0.15, -0.1) is 11.3 Å². The first-order valence-corrected chi connectivity index (χ1v) is 8.31. The molecule has 0 saturated heterocycles. The highest BCUT2D eigenvalue weighted by atomic mass is 79.9. The number of nitrogens with zero attached hydrogens (tertiary/aromatic N) is 1. The van der Waals surface area contributed by atoms with Crippen molar-refractivity contribution < 1.29 is 9.72 Å². The van der Waals surface area contributed by atoms with E-state index in [4.69, 9.17) is 12.2 Å². The molecule has 0 spiro atoms. The highest BCUT2D eigenvalue weighted by Gasteiger charge is 2.10. The van der Waals surface area contributed by atoms with Crippen molar-refractivity contribution in [3.05, 3.63) is 61.3 Å². The molecule has 1 aromatic carbocycles. The van der Waals surface area contributed by atoms with Crippen molar-refractivity contribution >= 4 is 68.0 Å². The van der Waals surface area contributed by atoms with Crippen LogP contribution in [0.2, 0.25) is 0 Å². The van der Waals surface area contributed by atoms with Gasteiger partial charge in [-0.05, 0) is 51.7 Å². The third-order valence-electron chi connectivity index (χ3n) is 2.59. The lowest BCUT2D eigenvalue weighted by atomic mass is 10.3. The lowest BCUT2D eigenvalue weighted by molar-refractivity contribution is -0.384. The van der Waals surface area contributed by atoms with E-state index >= 15 is 0 Å². The number of carbonyl (C=O) groups is 1. The number of thiophene rings is 1. The van der Waals surface area contributed by atoms with Crippen LogP contribution in [0.1, 0.15) is 4.88 Å². The highest BCUT2D eigenvalue weighted by molar-refractivity contribution is 9.10. The Hall–Kier alpha value is -2.10. The van der Waals surface area contributed by atoms with Gasteiger partial charge in [-0.1, -0.05) is 6.07 Å². The number of nitro benzene ring substituents is 1. The summed E-state index contributed by atoms with van der Waals surface area (Å²) >= 11 is 9.77. The topological polar surface area (TPSA) is 84.3 Å². The third kappa shape index (κ3) is 5.23. The molecule has 1 heterocycles. The van der Waals surface area contributed by atoms with Gasteiger partial charge in [0.1, 0.15) is 0 Å². The monoisotopic (exact) mass is 411 g/mol. The maximum Gasteiger partial charge on any atom is 0.270 e. The van der Waals surface area contributed by atoms with Crippen LogP contribution in [-0.4, -0.2) is 15.9 Å². The molecular formula is C14H10BrN3O3S2. The molecule has 2 N–H and O–H groups in total. The quantitative estimate of drug-likeness (QED) is 0.344. The Bertz CT molecular complexity index is 776. The van der Waals surface area contributed by atoms with E-state index in [9.17, 15) is 14.9 Å². The SMILES string of the molecule is O=C(C=Cc1cccs1)NC(=S)Nc1ccc([N+](=O)[O-])cc1Br. The number of amides is 1. The maximum absolute atomic E-state index is 11.7. The summed E-state index contributed by atoms with van der Waals surface area (Å²) in [6, 6.07) is 7.97. The van der Waals surface area contributed by atoms with E-state index in [-0.39, 0.29) is 16.7 Å². The molecular weight excluding hydrogens is 402 g/mol. The molecule has 118 valence electrons. The fraction of sp³-hybridized carbons (Fsp3) is 0. The second-order valence-corrected chi connectivity index (χ2v) is 6.46. The molecule has 0 atom stereocenters. The third-order valence-corrected chi connectivity index (χ3v) is 4.29. The Morgan fingerprint density at radius 1 is 1.39 bits per heavy atom. The Labute approximate surface area is 149 Å². The van der Waals surface area contributed by atoms with Gasteiger partial charge in [0, 0.05) is 27.6 Å². The van der Waals surface area contributed by atoms with Crippen molar-refractivity contribution in [2.24, 2.45) is 0 Å². The molecule has 0 fully saturated rings. The molecule has 0 saturated carbocycles. The van der Waals surface area contributed by atoms with Gasteiger partial charge in [0.25, 0.3) is 5.69 Å². The fourth-order valence-electron chi connectivity index (χ4n) is 1.57. The van der Waals surface area contributed by atoms with Crippen LogP contribution in [0.4, 0.5) is 11.4 Å². The molecule has 0 unspecified atom stereocenters. The Morgan fingerprint density at radius 3 is 2.78 bits per heavy atom. The number of carbonyl (C=O) groups excluding carboxylic acids is 1. The zero-order valence-electron chi connectivity index (χ0n) is 11.5. The minimum atomic E-state index is -0.496. The molecule has 0 aliphatic carbocycles. The summed E-state index contributed by atoms with van der Waals surface area (Å²) in [5, 5.41) is 18.0. The summed E-state index contributed by atoms with van der Waals surface area (Å²) in [4.78, 5) is 22.9. The molecule has 2 rings (SSSR count). The maximum atomic E-state index is 11.7. The van der Waals surface area contributed by atoms with Crippen LogP contribution in [0.5, 0.6) is 0 Å². The van der Waals surface area contributed by atoms with Crippen molar-refractivity contribution in [3.63, 3.8) is 0 Å². The summed E-state index contributed by atoms with van der Waals surface area (Å²) in [6.07, 6.45) is 3.06. The summed E-state index contributed by atoms with van der Waals surface area (Å²) in [7, 11) is 0. The first kappa shape index (κ1) is 17.3. The number of nitro groups is 1. The van der Waals surface area contributed by atoms with Crippen molar-refractivity contribution in [2.45, 2.75) is 0 Å². The van der Waals surface area contributed by atoms with Crippen LogP contribution in [0.3, 0.4) is 0 Å². The summed E-state index contributed by atoms with van der Waals surface area (Å²) < 4.78 is 0.470. The number of hydrogen-bond donors (Lipinski definition) is 2. The van der Waals surface area contributed by atoms with Crippen LogP contribution in [0.25, 0.3) is 6.08 Å². The van der Waals surface area contributed by atoms with Gasteiger partial charge in [-0.3, -0.25) is 20.2 Å². The van der Waals surface area contributed by atoms with Crippen molar-refractivity contribution in [2.75, 3.05) is 5.32 Å². The minimum absolute atomic E-state index is 0.0451. The van der Waals surface area contributed by atoms with Crippen molar-refractivity contribution in [1.82, 2.24) is 5.32 Å². The van der Waals surface area contributed by atoms with E-state index in [0.717, 1.165) is 4.88 Å². The molecule has 0 radical (unpaired) electrons. The first-order chi connectivity index (χ1) is 11.0. The van der Waals surface area contributed by atoms with E-state index in [2.05, 4.69) is 26.6 Å². The molecule has 23 heavy (non-hydrogen) atoms. The molecule has 6 nitrogen and oxygen atoms in total. The number of nitrogens with one attached hydrogen (secondary N) is 2. The van der Waals surface area contributed by atoms with Crippen LogP contribution < -0.4 is 10.6 Å². The number of halogens is 1. The minimum Gasteiger partial charge on any atom is -0.331 e. The number of hydrogen-bond acceptors (Lipinski definition) is 5. The van der Waals surface area contributed by atoms with Gasteiger partial charge in [0.15, 0.2) is 5.11 Å². The van der Waals surface area contributed by atoms with Crippen LogP contribution in [0, 0.1) is 10.1 Å². The standard InChI is InChI=1S/C14H10BrN3O3S2/c15-11-8-9(18(20)21)3-5-12(11)16-14(22)17-13(19)6-4-10-2-1-7-23-10/h1-8H,(H2,16,17,19,22). The van der Waals surface area contributed by atoms with Crippen molar-refractivity contribution in [3.8, 4) is 0 Å². The molecule has 9 heteroatoms. The lowest BCUT2D eigenvalue weighted by Gasteiger charge is -2.09. The van der Waals surface area contributed by atoms with Gasteiger partial charge in [-0.25, -0.2) is 0 Å². The van der Waals surface area contributed by atoms with Gasteiger partial charge >= 0.3 is 0 Å². The zero-order chi connectivity index (χ0) is 16.8. The first-order valence-electron chi connectivity index (χ1n) is 6.23. The van der Waals surface area contributed by atoms with Gasteiger partial charge in [-0.2, -0.15) is 0 Å². The summed E-state index contributed by atoms with van der Waals surface area (Å²) in [6.45, 7) is 0. The predicted octanol–water partition coefficient (Wildman–Crippen LogP) is 3.95.